The lowest BCUT2D eigenvalue weighted by atomic mass is 9.95. The van der Waals surface area contributed by atoms with Crippen LogP contribution in [0.4, 0.5) is 0 Å². The van der Waals surface area contributed by atoms with Gasteiger partial charge in [0.1, 0.15) is 0 Å². The Balaban J connectivity index is 0.000000132. The molecule has 0 aliphatic rings. The second kappa shape index (κ2) is 28.2. The fraction of sp³-hybridized carbons (Fsp3) is 0. The van der Waals surface area contributed by atoms with Crippen molar-refractivity contribution in [3.05, 3.63) is 461 Å². The van der Waals surface area contributed by atoms with E-state index in [0.717, 1.165) is 45.5 Å². The van der Waals surface area contributed by atoms with Gasteiger partial charge in [0.05, 0.1) is 88.3 Å². The van der Waals surface area contributed by atoms with Crippen LogP contribution >= 0.6 is 0 Å². The minimum atomic E-state index is 1.13. The van der Waals surface area contributed by atoms with E-state index in [4.69, 9.17) is 0 Å². The van der Waals surface area contributed by atoms with Crippen LogP contribution in [0.25, 0.3) is 242 Å². The van der Waals surface area contributed by atoms with Crippen LogP contribution in [-0.2, 0) is 0 Å². The zero-order valence-corrected chi connectivity index (χ0v) is 69.5. The van der Waals surface area contributed by atoms with Crippen LogP contribution < -0.4 is 0 Å². The third-order valence-electron chi connectivity index (χ3n) is 27.1. The summed E-state index contributed by atoms with van der Waals surface area (Å²) in [4.78, 5) is 0. The normalized spacial score (nSPS) is 12.1. The molecule has 0 aliphatic carbocycles. The van der Waals surface area contributed by atoms with Crippen molar-refractivity contribution < 1.29 is 0 Å². The summed E-state index contributed by atoms with van der Waals surface area (Å²) >= 11 is 0. The third kappa shape index (κ3) is 10.5. The molecule has 0 spiro atoms. The van der Waals surface area contributed by atoms with Gasteiger partial charge in [-0.05, 0) is 216 Å². The molecule has 8 aromatic heterocycles. The Hall–Kier alpha value is -17.2. The molecule has 0 aliphatic heterocycles. The van der Waals surface area contributed by atoms with Crippen LogP contribution in [0, 0.1) is 0 Å². The molecule has 0 N–H and O–H groups in total. The number of rotatable bonds is 10. The molecule has 596 valence electrons. The maximum Gasteiger partial charge on any atom is 0.0547 e. The molecule has 8 heterocycles. The summed E-state index contributed by atoms with van der Waals surface area (Å²) in [6.07, 6.45) is 0. The third-order valence-corrected chi connectivity index (χ3v) is 27.1. The summed E-state index contributed by atoms with van der Waals surface area (Å²) in [6.45, 7) is 0. The molecule has 8 nitrogen and oxygen atoms in total. The van der Waals surface area contributed by atoms with Crippen LogP contribution in [0.5, 0.6) is 0 Å². The number of nitrogens with zero attached hydrogens (tertiary/aromatic N) is 8. The van der Waals surface area contributed by atoms with Gasteiger partial charge in [-0.2, -0.15) is 0 Å². The van der Waals surface area contributed by atoms with Gasteiger partial charge in [0.2, 0.25) is 0 Å². The number of fused-ring (bicyclic) bond motifs is 24. The first-order chi connectivity index (χ1) is 63.6. The summed E-state index contributed by atoms with van der Waals surface area (Å²) in [6, 6.07) is 169. The maximum atomic E-state index is 2.47. The van der Waals surface area contributed by atoms with Gasteiger partial charge in [0.25, 0.3) is 0 Å². The second-order valence-corrected chi connectivity index (χ2v) is 33.8. The minimum absolute atomic E-state index is 1.13. The van der Waals surface area contributed by atoms with E-state index in [1.165, 1.54) is 197 Å². The molecule has 8 heteroatoms. The van der Waals surface area contributed by atoms with E-state index in [0.29, 0.717) is 0 Å². The first kappa shape index (κ1) is 71.4. The number of aromatic nitrogens is 8. The predicted molar refractivity (Wildman–Crippen MR) is 538 cm³/mol. The van der Waals surface area contributed by atoms with Crippen LogP contribution in [-0.4, -0.2) is 36.5 Å². The summed E-state index contributed by atoms with van der Waals surface area (Å²) in [5.41, 5.74) is 33.2. The Labute approximate surface area is 734 Å². The van der Waals surface area contributed by atoms with Crippen LogP contribution in [0.1, 0.15) is 0 Å². The van der Waals surface area contributed by atoms with Crippen LogP contribution in [0.3, 0.4) is 0 Å². The van der Waals surface area contributed by atoms with Crippen LogP contribution in [0.2, 0.25) is 0 Å². The molecule has 28 rings (SSSR count). The lowest BCUT2D eigenvalue weighted by molar-refractivity contribution is 1.14. The van der Waals surface area contributed by atoms with E-state index < -0.39 is 0 Å². The fourth-order valence-electron chi connectivity index (χ4n) is 21.9. The smallest absolute Gasteiger partial charge is 0.0547 e. The summed E-state index contributed by atoms with van der Waals surface area (Å²) in [5.74, 6) is 0. The summed E-state index contributed by atoms with van der Waals surface area (Å²) < 4.78 is 19.4. The van der Waals surface area contributed by atoms with Crippen molar-refractivity contribution >= 4 is 174 Å². The Bertz CT molecular complexity index is 9120. The molecular formula is C120H76N8. The molecule has 128 heavy (non-hydrogen) atoms. The standard InChI is InChI=1S/2C60H38N4/c1-3-17-39(18-4-1)61-51-27-11-7-21-43(51)49-37-41(33-35-55(49)61)63-53-29-13-9-23-47(53)59-45(25-15-31-57(59)63)46-26-16-32-58-60(46)48-24-10-14-30-54(48)64(58)42-34-36-56-50(38-42)44-22-8-12-28-52(44)62(56)40-19-5-2-6-20-40;1-2-16-39(17-3-1)61-53-27-11-6-20-45(53)50-38-42(36-37-56(50)61)64-55-29-13-8-22-49(55)60-47(24-15-31-58(60)64)46-23-14-30-57-59(46)48-21-7-12-28-54(48)63(57)41-34-32-40(33-35-41)62-51-25-9-4-18-43(51)44-19-5-10-26-52(44)62/h2*1-38H. The highest BCUT2D eigenvalue weighted by Crippen LogP contribution is 2.49. The van der Waals surface area contributed by atoms with Gasteiger partial charge < -0.3 is 36.5 Å². The van der Waals surface area contributed by atoms with Gasteiger partial charge in [-0.25, -0.2) is 0 Å². The first-order valence-corrected chi connectivity index (χ1v) is 44.1. The average molecular weight is 1630 g/mol. The number of para-hydroxylation sites is 12. The molecule has 28 aromatic rings. The zero-order valence-electron chi connectivity index (χ0n) is 69.5. The lowest BCUT2D eigenvalue weighted by Gasteiger charge is -2.12. The van der Waals surface area contributed by atoms with Gasteiger partial charge in [-0.15, -0.1) is 0 Å². The zero-order chi connectivity index (χ0) is 83.8. The molecule has 0 atom stereocenters. The molecule has 20 aromatic carbocycles. The van der Waals surface area contributed by atoms with Gasteiger partial charge >= 0.3 is 0 Å². The summed E-state index contributed by atoms with van der Waals surface area (Å²) in [5, 5.41) is 19.9. The molecule has 0 bridgehead atoms. The van der Waals surface area contributed by atoms with Crippen molar-refractivity contribution in [2.45, 2.75) is 0 Å². The largest absolute Gasteiger partial charge is 0.309 e. The molecule has 0 saturated carbocycles. The highest BCUT2D eigenvalue weighted by molar-refractivity contribution is 6.26. The molecule has 0 unspecified atom stereocenters. The lowest BCUT2D eigenvalue weighted by Crippen LogP contribution is -1.97. The monoisotopic (exact) mass is 1630 g/mol. The van der Waals surface area contributed by atoms with E-state index in [9.17, 15) is 0 Å². The Morgan fingerprint density at radius 1 is 0.0938 bits per heavy atom. The fourth-order valence-corrected chi connectivity index (χ4v) is 21.9. The van der Waals surface area contributed by atoms with Crippen molar-refractivity contribution in [2.24, 2.45) is 0 Å². The van der Waals surface area contributed by atoms with Gasteiger partial charge in [0.15, 0.2) is 0 Å². The molecular weight excluding hydrogens is 1550 g/mol. The van der Waals surface area contributed by atoms with E-state index in [1.807, 2.05) is 0 Å². The average Bonchev–Trinajstić information content (AvgIpc) is 1.56. The van der Waals surface area contributed by atoms with Gasteiger partial charge in [-0.1, -0.05) is 267 Å². The van der Waals surface area contributed by atoms with Crippen molar-refractivity contribution in [2.75, 3.05) is 0 Å². The minimum Gasteiger partial charge on any atom is -0.309 e. The first-order valence-electron chi connectivity index (χ1n) is 44.1. The van der Waals surface area contributed by atoms with Crippen molar-refractivity contribution in [3.63, 3.8) is 0 Å². The van der Waals surface area contributed by atoms with Gasteiger partial charge in [-0.3, -0.25) is 0 Å². The maximum absolute atomic E-state index is 2.47. The topological polar surface area (TPSA) is 39.4 Å². The molecule has 0 saturated heterocycles. The number of benzene rings is 20. The Kier molecular flexibility index (Phi) is 15.7. The van der Waals surface area contributed by atoms with E-state index >= 15 is 0 Å². The van der Waals surface area contributed by atoms with Crippen molar-refractivity contribution in [3.8, 4) is 67.8 Å². The van der Waals surface area contributed by atoms with Crippen molar-refractivity contribution in [1.29, 1.82) is 0 Å². The Morgan fingerprint density at radius 2 is 0.250 bits per heavy atom. The van der Waals surface area contributed by atoms with E-state index in [1.54, 1.807) is 0 Å². The van der Waals surface area contributed by atoms with Gasteiger partial charge in [0, 0.05) is 132 Å². The molecule has 0 fully saturated rings. The quantitative estimate of drug-likeness (QED) is 0.131. The van der Waals surface area contributed by atoms with E-state index in [2.05, 4.69) is 498 Å². The number of hydrogen-bond donors (Lipinski definition) is 0. The second-order valence-electron chi connectivity index (χ2n) is 33.8. The van der Waals surface area contributed by atoms with Crippen molar-refractivity contribution in [1.82, 2.24) is 36.5 Å². The Morgan fingerprint density at radius 3 is 0.492 bits per heavy atom. The highest BCUT2D eigenvalue weighted by Gasteiger charge is 2.27. The van der Waals surface area contributed by atoms with Crippen LogP contribution in [0.15, 0.2) is 461 Å². The molecule has 0 amide bonds. The number of hydrogen-bond acceptors (Lipinski definition) is 0. The predicted octanol–water partition coefficient (Wildman–Crippen LogP) is 31.5. The summed E-state index contributed by atoms with van der Waals surface area (Å²) in [7, 11) is 0. The SMILES string of the molecule is c1ccc(-n2c3ccccc3c3cc(-n4c5ccccc5c5c(-c6cccc7c6c6ccccc6n7-c6ccc(-n7c8ccccc8c8ccccc87)cc6)cccc54)ccc32)cc1.c1ccc(-n2c3ccccc3c3cc(-n4c5ccccc5c5c(-c6cccc7c6c6ccccc6n7-c6ccc7c(c6)c6ccccc6n7-c6ccccc6)cccc54)ccc32)cc1. The van der Waals surface area contributed by atoms with E-state index in [-0.39, 0.29) is 0 Å². The highest BCUT2D eigenvalue weighted by atomic mass is 15.0. The molecule has 0 radical (unpaired) electrons.